The maximum atomic E-state index is 14.0. The number of amides is 1. The summed E-state index contributed by atoms with van der Waals surface area (Å²) in [5.41, 5.74) is 7.44. The summed E-state index contributed by atoms with van der Waals surface area (Å²) in [5.74, 6) is -0.388. The van der Waals surface area contributed by atoms with Crippen LogP contribution in [0.4, 0.5) is 4.39 Å². The Labute approximate surface area is 134 Å². The molecule has 3 N–H and O–H groups in total. The second-order valence-electron chi connectivity index (χ2n) is 5.13. The molecule has 3 rings (SSSR count). The minimum absolute atomic E-state index is 0. The van der Waals surface area contributed by atoms with Crippen molar-refractivity contribution >= 4 is 18.3 Å². The monoisotopic (exact) mass is 324 g/mol. The zero-order chi connectivity index (χ0) is 14.8. The van der Waals surface area contributed by atoms with Crippen LogP contribution in [-0.4, -0.2) is 34.1 Å². The second kappa shape index (κ2) is 6.89. The fraction of sp³-hybridized carbons (Fsp3) is 0.333. The number of likely N-dealkylation sites (tertiary alicyclic amines) is 1. The molecule has 1 aromatic carbocycles. The van der Waals surface area contributed by atoms with E-state index in [1.165, 1.54) is 6.07 Å². The van der Waals surface area contributed by atoms with Crippen LogP contribution in [0, 0.1) is 5.82 Å². The molecule has 1 fully saturated rings. The van der Waals surface area contributed by atoms with Gasteiger partial charge in [-0.1, -0.05) is 18.2 Å². The lowest BCUT2D eigenvalue weighted by molar-refractivity contribution is -0.130. The molecule has 118 valence electrons. The van der Waals surface area contributed by atoms with E-state index in [1.54, 1.807) is 29.3 Å². The Morgan fingerprint density at radius 1 is 1.41 bits per heavy atom. The molecule has 0 saturated carbocycles. The molecule has 7 heteroatoms. The highest BCUT2D eigenvalue weighted by molar-refractivity contribution is 5.85. The molecular formula is C15H18ClFN4O. The maximum absolute atomic E-state index is 14.0. The standard InChI is InChI=1S/C15H17FN4O.ClH/c16-12-5-2-1-4-10(12)11-9-18-19-15(11)13-6-3-7-20(13)14(21)8-17;/h1-2,4-5,9,13H,3,6-8,17H2,(H,18,19);1H. The van der Waals surface area contributed by atoms with Gasteiger partial charge in [0, 0.05) is 17.7 Å². The van der Waals surface area contributed by atoms with Gasteiger partial charge in [0.15, 0.2) is 0 Å². The molecule has 1 aliphatic heterocycles. The van der Waals surface area contributed by atoms with E-state index in [0.29, 0.717) is 17.7 Å². The number of nitrogens with two attached hydrogens (primary N) is 1. The SMILES string of the molecule is Cl.NCC(=O)N1CCCC1c1[nH]ncc1-c1ccccc1F. The number of benzene rings is 1. The number of rotatable bonds is 3. The summed E-state index contributed by atoms with van der Waals surface area (Å²) in [6.07, 6.45) is 3.35. The Kier molecular flexibility index (Phi) is 5.15. The molecular weight excluding hydrogens is 307 g/mol. The number of hydrogen-bond donors (Lipinski definition) is 2. The molecule has 1 aliphatic rings. The summed E-state index contributed by atoms with van der Waals surface area (Å²) in [5, 5.41) is 6.97. The highest BCUT2D eigenvalue weighted by Crippen LogP contribution is 2.36. The zero-order valence-electron chi connectivity index (χ0n) is 12.0. The normalized spacial score (nSPS) is 17.4. The Bertz CT molecular complexity index is 660. The molecule has 2 heterocycles. The number of H-pyrrole nitrogens is 1. The van der Waals surface area contributed by atoms with Crippen LogP contribution < -0.4 is 5.73 Å². The van der Waals surface area contributed by atoms with Crippen molar-refractivity contribution in [1.82, 2.24) is 15.1 Å². The first kappa shape index (κ1) is 16.5. The van der Waals surface area contributed by atoms with E-state index in [2.05, 4.69) is 10.2 Å². The van der Waals surface area contributed by atoms with Gasteiger partial charge in [-0.3, -0.25) is 9.89 Å². The summed E-state index contributed by atoms with van der Waals surface area (Å²) in [6, 6.07) is 6.46. The van der Waals surface area contributed by atoms with Crippen LogP contribution in [0.5, 0.6) is 0 Å². The van der Waals surface area contributed by atoms with Gasteiger partial charge in [-0.05, 0) is 18.9 Å². The van der Waals surface area contributed by atoms with Crippen LogP contribution >= 0.6 is 12.4 Å². The highest BCUT2D eigenvalue weighted by Gasteiger charge is 2.32. The topological polar surface area (TPSA) is 75.0 Å². The van der Waals surface area contributed by atoms with Crippen molar-refractivity contribution in [2.24, 2.45) is 5.73 Å². The van der Waals surface area contributed by atoms with Gasteiger partial charge in [-0.2, -0.15) is 5.10 Å². The summed E-state index contributed by atoms with van der Waals surface area (Å²) < 4.78 is 14.0. The van der Waals surface area contributed by atoms with Gasteiger partial charge in [0.25, 0.3) is 0 Å². The van der Waals surface area contributed by atoms with Gasteiger partial charge in [-0.25, -0.2) is 4.39 Å². The first-order chi connectivity index (χ1) is 10.2. The van der Waals surface area contributed by atoms with E-state index in [-0.39, 0.29) is 36.7 Å². The van der Waals surface area contributed by atoms with E-state index in [1.807, 2.05) is 0 Å². The predicted octanol–water partition coefficient (Wildman–Crippen LogP) is 2.26. The molecule has 1 saturated heterocycles. The first-order valence-corrected chi connectivity index (χ1v) is 7.00. The van der Waals surface area contributed by atoms with E-state index >= 15 is 0 Å². The van der Waals surface area contributed by atoms with Crippen molar-refractivity contribution in [3.8, 4) is 11.1 Å². The average molecular weight is 325 g/mol. The number of halogens is 2. The quantitative estimate of drug-likeness (QED) is 0.909. The fourth-order valence-electron chi connectivity index (χ4n) is 2.93. The Morgan fingerprint density at radius 2 is 2.18 bits per heavy atom. The summed E-state index contributed by atoms with van der Waals surface area (Å²) in [4.78, 5) is 13.7. The fourth-order valence-corrected chi connectivity index (χ4v) is 2.93. The number of carbonyl (C=O) groups is 1. The largest absolute Gasteiger partial charge is 0.333 e. The molecule has 2 aromatic rings. The lowest BCUT2D eigenvalue weighted by atomic mass is 10.0. The van der Waals surface area contributed by atoms with Gasteiger partial charge in [0.2, 0.25) is 5.91 Å². The molecule has 5 nitrogen and oxygen atoms in total. The smallest absolute Gasteiger partial charge is 0.236 e. The van der Waals surface area contributed by atoms with Crippen LogP contribution in [0.3, 0.4) is 0 Å². The molecule has 1 unspecified atom stereocenters. The molecule has 1 aromatic heterocycles. The van der Waals surface area contributed by atoms with Gasteiger partial charge >= 0.3 is 0 Å². The van der Waals surface area contributed by atoms with Crippen molar-refractivity contribution in [3.05, 3.63) is 42.0 Å². The van der Waals surface area contributed by atoms with Gasteiger partial charge < -0.3 is 10.6 Å². The van der Waals surface area contributed by atoms with Crippen LogP contribution in [-0.2, 0) is 4.79 Å². The molecule has 0 spiro atoms. The zero-order valence-corrected chi connectivity index (χ0v) is 12.8. The van der Waals surface area contributed by atoms with Crippen molar-refractivity contribution in [2.75, 3.05) is 13.1 Å². The number of aromatic nitrogens is 2. The van der Waals surface area contributed by atoms with Gasteiger partial charge in [0.05, 0.1) is 24.5 Å². The molecule has 22 heavy (non-hydrogen) atoms. The van der Waals surface area contributed by atoms with Crippen molar-refractivity contribution in [2.45, 2.75) is 18.9 Å². The van der Waals surface area contributed by atoms with Crippen LogP contribution in [0.15, 0.2) is 30.5 Å². The number of hydrogen-bond acceptors (Lipinski definition) is 3. The Morgan fingerprint density at radius 3 is 2.91 bits per heavy atom. The van der Waals surface area contributed by atoms with Crippen LogP contribution in [0.25, 0.3) is 11.1 Å². The summed E-state index contributed by atoms with van der Waals surface area (Å²) in [7, 11) is 0. The predicted molar refractivity (Wildman–Crippen MR) is 84.0 cm³/mol. The van der Waals surface area contributed by atoms with E-state index in [4.69, 9.17) is 5.73 Å². The van der Waals surface area contributed by atoms with E-state index in [9.17, 15) is 9.18 Å². The Hall–Kier alpha value is -1.92. The van der Waals surface area contributed by atoms with Gasteiger partial charge in [-0.15, -0.1) is 12.4 Å². The number of nitrogens with one attached hydrogen (secondary N) is 1. The third-order valence-electron chi connectivity index (χ3n) is 3.91. The molecule has 0 bridgehead atoms. The second-order valence-corrected chi connectivity index (χ2v) is 5.13. The van der Waals surface area contributed by atoms with E-state index in [0.717, 1.165) is 18.5 Å². The molecule has 1 atom stereocenters. The van der Waals surface area contributed by atoms with Crippen molar-refractivity contribution in [1.29, 1.82) is 0 Å². The minimum Gasteiger partial charge on any atom is -0.333 e. The minimum atomic E-state index is -0.296. The lowest BCUT2D eigenvalue weighted by Gasteiger charge is -2.24. The Balaban J connectivity index is 0.00000176. The van der Waals surface area contributed by atoms with E-state index < -0.39 is 0 Å². The maximum Gasteiger partial charge on any atom is 0.236 e. The lowest BCUT2D eigenvalue weighted by Crippen LogP contribution is -2.35. The molecule has 0 radical (unpaired) electrons. The summed E-state index contributed by atoms with van der Waals surface area (Å²) >= 11 is 0. The van der Waals surface area contributed by atoms with Gasteiger partial charge in [0.1, 0.15) is 5.82 Å². The third-order valence-corrected chi connectivity index (χ3v) is 3.91. The number of nitrogens with zero attached hydrogens (tertiary/aromatic N) is 2. The van der Waals surface area contributed by atoms with Crippen molar-refractivity contribution in [3.63, 3.8) is 0 Å². The highest BCUT2D eigenvalue weighted by atomic mass is 35.5. The first-order valence-electron chi connectivity index (χ1n) is 7.00. The average Bonchev–Trinajstić information content (AvgIpc) is 3.15. The summed E-state index contributed by atoms with van der Waals surface area (Å²) in [6.45, 7) is 0.663. The third kappa shape index (κ3) is 2.84. The number of aromatic amines is 1. The van der Waals surface area contributed by atoms with Crippen LogP contribution in [0.2, 0.25) is 0 Å². The molecule has 1 amide bonds. The number of carbonyl (C=O) groups excluding carboxylic acids is 1. The molecule has 0 aliphatic carbocycles. The van der Waals surface area contributed by atoms with Crippen molar-refractivity contribution < 1.29 is 9.18 Å². The van der Waals surface area contributed by atoms with Crippen LogP contribution in [0.1, 0.15) is 24.6 Å².